The van der Waals surface area contributed by atoms with Crippen LogP contribution in [0.2, 0.25) is 0 Å². The molecule has 2 bridgehead atoms. The van der Waals surface area contributed by atoms with Gasteiger partial charge in [-0.15, -0.1) is 0 Å². The van der Waals surface area contributed by atoms with Gasteiger partial charge in [0.05, 0.1) is 6.04 Å². The lowest BCUT2D eigenvalue weighted by atomic mass is 9.97. The molecule has 0 spiro atoms. The molecular weight excluding hydrogens is 598 g/mol. The molecule has 0 aliphatic carbocycles. The number of phenols is 1. The lowest BCUT2D eigenvalue weighted by Gasteiger charge is -2.33. The number of amides is 4. The van der Waals surface area contributed by atoms with Crippen molar-refractivity contribution < 1.29 is 29.0 Å². The van der Waals surface area contributed by atoms with Crippen LogP contribution in [0, 0.1) is 11.8 Å². The van der Waals surface area contributed by atoms with E-state index in [0.29, 0.717) is 30.6 Å². The highest BCUT2D eigenvalue weighted by atomic mass is 16.5. The number of hydrogen-bond acceptors (Lipinski definition) is 7. The standard InChI is InChI=1S/C36H49N5O6/c1-7-23(4)31-34(44)37-17-15-25-21-26(13-14-29(25)42)47-30-16-18-41(32(30)35(45)39-31)36(46)27(20-24-11-9-8-10-12-24)38-33(43)28(40(5)6)19-22(2)3/h8-15,17,21-23,27-28,30-32,42H,7,16,18-20H2,1-6H3,(H,37,44)(H,38,43)(H,39,45). The number of ether oxygens (including phenoxy) is 1. The molecular formula is C36H49N5O6. The highest BCUT2D eigenvalue weighted by Gasteiger charge is 2.46. The molecule has 254 valence electrons. The summed E-state index contributed by atoms with van der Waals surface area (Å²) in [7, 11) is 3.68. The third kappa shape index (κ3) is 8.91. The smallest absolute Gasteiger partial charge is 0.247 e. The Balaban J connectivity index is 1.71. The van der Waals surface area contributed by atoms with Crippen LogP contribution in [-0.2, 0) is 25.6 Å². The van der Waals surface area contributed by atoms with Crippen molar-refractivity contribution in [3.8, 4) is 11.5 Å². The number of nitrogens with one attached hydrogen (secondary N) is 3. The summed E-state index contributed by atoms with van der Waals surface area (Å²) in [5.74, 6) is -1.16. The Morgan fingerprint density at radius 3 is 2.47 bits per heavy atom. The molecule has 4 amide bonds. The molecule has 0 radical (unpaired) electrons. The number of nitrogens with zero attached hydrogens (tertiary/aromatic N) is 2. The number of aromatic hydroxyl groups is 1. The number of likely N-dealkylation sites (tertiary alicyclic amines) is 1. The molecule has 0 saturated carbocycles. The first-order valence-corrected chi connectivity index (χ1v) is 16.5. The fourth-order valence-corrected chi connectivity index (χ4v) is 6.12. The lowest BCUT2D eigenvalue weighted by Crippen LogP contribution is -2.60. The van der Waals surface area contributed by atoms with Crippen LogP contribution in [-0.4, -0.2) is 89.4 Å². The zero-order valence-electron chi connectivity index (χ0n) is 28.2. The molecule has 4 rings (SSSR count). The molecule has 2 aromatic rings. The quantitative estimate of drug-likeness (QED) is 0.311. The average Bonchev–Trinajstić information content (AvgIpc) is 3.46. The maximum absolute atomic E-state index is 14.5. The van der Waals surface area contributed by atoms with Gasteiger partial charge in [-0.05, 0) is 62.2 Å². The zero-order valence-corrected chi connectivity index (χ0v) is 28.2. The Hall–Kier alpha value is -4.38. The van der Waals surface area contributed by atoms with E-state index in [-0.39, 0.29) is 36.5 Å². The zero-order chi connectivity index (χ0) is 34.2. The summed E-state index contributed by atoms with van der Waals surface area (Å²) in [6.45, 7) is 8.10. The molecule has 2 aliphatic heterocycles. The Morgan fingerprint density at radius 1 is 1.09 bits per heavy atom. The van der Waals surface area contributed by atoms with Gasteiger partial charge in [-0.25, -0.2) is 0 Å². The summed E-state index contributed by atoms with van der Waals surface area (Å²) in [6.07, 6.45) is 4.04. The van der Waals surface area contributed by atoms with E-state index >= 15 is 0 Å². The van der Waals surface area contributed by atoms with Crippen molar-refractivity contribution in [2.75, 3.05) is 20.6 Å². The van der Waals surface area contributed by atoms with Gasteiger partial charge in [0.15, 0.2) is 0 Å². The first-order valence-electron chi connectivity index (χ1n) is 16.5. The van der Waals surface area contributed by atoms with Crippen molar-refractivity contribution >= 4 is 29.7 Å². The van der Waals surface area contributed by atoms with Gasteiger partial charge in [0.25, 0.3) is 0 Å². The first kappa shape index (κ1) is 35.5. The summed E-state index contributed by atoms with van der Waals surface area (Å²) in [5.41, 5.74) is 1.28. The summed E-state index contributed by atoms with van der Waals surface area (Å²) in [5, 5.41) is 19.1. The van der Waals surface area contributed by atoms with Crippen molar-refractivity contribution in [3.63, 3.8) is 0 Å². The van der Waals surface area contributed by atoms with Crippen molar-refractivity contribution in [1.82, 2.24) is 25.8 Å². The topological polar surface area (TPSA) is 140 Å². The van der Waals surface area contributed by atoms with Crippen LogP contribution in [0.1, 0.15) is 58.1 Å². The van der Waals surface area contributed by atoms with Gasteiger partial charge < -0.3 is 30.7 Å². The molecule has 1 saturated heterocycles. The molecule has 2 aromatic carbocycles. The van der Waals surface area contributed by atoms with Crippen molar-refractivity contribution in [2.45, 2.75) is 83.6 Å². The van der Waals surface area contributed by atoms with Gasteiger partial charge in [-0.3, -0.25) is 24.1 Å². The SMILES string of the molecule is CCC(C)C1NC(=O)C2C(CCN2C(=O)C(Cc2ccccc2)NC(=O)C(CC(C)C)N(C)C)Oc2ccc(O)c(c2)C=CNC1=O. The number of fused-ring (bicyclic) bond motifs is 3. The van der Waals surface area contributed by atoms with E-state index in [1.54, 1.807) is 18.2 Å². The number of benzene rings is 2. The predicted octanol–water partition coefficient (Wildman–Crippen LogP) is 3.08. The number of rotatable bonds is 10. The second-order valence-corrected chi connectivity index (χ2v) is 13.2. The second kappa shape index (κ2) is 15.9. The highest BCUT2D eigenvalue weighted by Crippen LogP contribution is 2.30. The summed E-state index contributed by atoms with van der Waals surface area (Å²) < 4.78 is 6.34. The van der Waals surface area contributed by atoms with Gasteiger partial charge in [0, 0.05) is 31.1 Å². The predicted molar refractivity (Wildman–Crippen MR) is 180 cm³/mol. The van der Waals surface area contributed by atoms with Gasteiger partial charge >= 0.3 is 0 Å². The van der Waals surface area contributed by atoms with E-state index in [1.807, 2.05) is 77.0 Å². The van der Waals surface area contributed by atoms with Gasteiger partial charge in [-0.1, -0.05) is 64.4 Å². The molecule has 2 aliphatic rings. The van der Waals surface area contributed by atoms with E-state index in [1.165, 1.54) is 17.2 Å². The van der Waals surface area contributed by atoms with Crippen LogP contribution in [0.25, 0.3) is 6.08 Å². The minimum absolute atomic E-state index is 0.00170. The number of carbonyl (C=O) groups excluding carboxylic acids is 4. The third-order valence-corrected chi connectivity index (χ3v) is 8.98. The summed E-state index contributed by atoms with van der Waals surface area (Å²) in [4.78, 5) is 59.0. The fraction of sp³-hybridized carbons (Fsp3) is 0.500. The second-order valence-electron chi connectivity index (χ2n) is 13.2. The molecule has 11 nitrogen and oxygen atoms in total. The lowest BCUT2D eigenvalue weighted by molar-refractivity contribution is -0.144. The summed E-state index contributed by atoms with van der Waals surface area (Å²) >= 11 is 0. The van der Waals surface area contributed by atoms with E-state index in [4.69, 9.17) is 4.74 Å². The minimum atomic E-state index is -1.08. The van der Waals surface area contributed by atoms with Gasteiger partial charge in [-0.2, -0.15) is 0 Å². The van der Waals surface area contributed by atoms with Crippen LogP contribution in [0.4, 0.5) is 0 Å². The number of likely N-dealkylation sites (N-methyl/N-ethyl adjacent to an activating group) is 1. The van der Waals surface area contributed by atoms with Crippen molar-refractivity contribution in [1.29, 1.82) is 0 Å². The monoisotopic (exact) mass is 647 g/mol. The molecule has 6 unspecified atom stereocenters. The van der Waals surface area contributed by atoms with Crippen LogP contribution >= 0.6 is 0 Å². The van der Waals surface area contributed by atoms with Crippen LogP contribution in [0.5, 0.6) is 11.5 Å². The molecule has 2 heterocycles. The van der Waals surface area contributed by atoms with E-state index in [2.05, 4.69) is 16.0 Å². The van der Waals surface area contributed by atoms with Crippen LogP contribution < -0.4 is 20.7 Å². The number of phenolic OH excluding ortho intramolecular Hbond substituents is 1. The Kier molecular flexibility index (Phi) is 12.0. The minimum Gasteiger partial charge on any atom is -0.507 e. The Labute approximate surface area is 277 Å². The highest BCUT2D eigenvalue weighted by molar-refractivity contribution is 5.96. The van der Waals surface area contributed by atoms with E-state index < -0.39 is 48.0 Å². The molecule has 6 atom stereocenters. The van der Waals surface area contributed by atoms with Crippen LogP contribution in [0.3, 0.4) is 0 Å². The fourth-order valence-electron chi connectivity index (χ4n) is 6.12. The molecule has 47 heavy (non-hydrogen) atoms. The maximum Gasteiger partial charge on any atom is 0.247 e. The third-order valence-electron chi connectivity index (χ3n) is 8.98. The normalized spacial score (nSPS) is 21.7. The van der Waals surface area contributed by atoms with Crippen molar-refractivity contribution in [3.05, 3.63) is 65.9 Å². The molecule has 11 heteroatoms. The van der Waals surface area contributed by atoms with E-state index in [9.17, 15) is 24.3 Å². The molecule has 1 fully saturated rings. The average molecular weight is 648 g/mol. The molecule has 4 N–H and O–H groups in total. The number of carbonyl (C=O) groups is 4. The summed E-state index contributed by atoms with van der Waals surface area (Å²) in [6, 6.07) is 10.8. The maximum atomic E-state index is 14.5. The van der Waals surface area contributed by atoms with Crippen LogP contribution in [0.15, 0.2) is 54.7 Å². The number of hydrogen-bond donors (Lipinski definition) is 4. The first-order chi connectivity index (χ1) is 22.4. The molecule has 0 aromatic heterocycles. The van der Waals surface area contributed by atoms with Crippen molar-refractivity contribution in [2.24, 2.45) is 11.8 Å². The van der Waals surface area contributed by atoms with Gasteiger partial charge in [0.2, 0.25) is 23.6 Å². The van der Waals surface area contributed by atoms with E-state index in [0.717, 1.165) is 5.56 Å². The Bertz CT molecular complexity index is 1440. The van der Waals surface area contributed by atoms with Gasteiger partial charge in [0.1, 0.15) is 35.7 Å². The Morgan fingerprint density at radius 2 is 1.81 bits per heavy atom. The largest absolute Gasteiger partial charge is 0.507 e.